The highest BCUT2D eigenvalue weighted by atomic mass is 16.7. The molecular formula is C13H20O4. The van der Waals surface area contributed by atoms with Gasteiger partial charge in [-0.2, -0.15) is 0 Å². The van der Waals surface area contributed by atoms with E-state index in [1.165, 1.54) is 25.7 Å². The summed E-state index contributed by atoms with van der Waals surface area (Å²) in [5.74, 6) is 2.77. The van der Waals surface area contributed by atoms with E-state index in [-0.39, 0.29) is 12.9 Å². The van der Waals surface area contributed by atoms with E-state index >= 15 is 0 Å². The molecule has 96 valence electrons. The normalized spacial score (nSPS) is 42.8. The van der Waals surface area contributed by atoms with E-state index in [1.54, 1.807) is 0 Å². The lowest BCUT2D eigenvalue weighted by atomic mass is 9.81. The summed E-state index contributed by atoms with van der Waals surface area (Å²) in [4.78, 5) is 10.8. The van der Waals surface area contributed by atoms with Gasteiger partial charge in [0.15, 0.2) is 6.79 Å². The number of aliphatic hydroxyl groups is 1. The van der Waals surface area contributed by atoms with E-state index in [2.05, 4.69) is 0 Å². The second kappa shape index (κ2) is 4.58. The minimum Gasteiger partial charge on any atom is -0.437 e. The Kier molecular flexibility index (Phi) is 3.09. The summed E-state index contributed by atoms with van der Waals surface area (Å²) in [5, 5.41) is 8.53. The summed E-state index contributed by atoms with van der Waals surface area (Å²) in [6.45, 7) is -0.560. The minimum atomic E-state index is -0.604. The third-order valence-electron chi connectivity index (χ3n) is 5.00. The molecule has 3 aliphatic rings. The first-order chi connectivity index (χ1) is 8.29. The van der Waals surface area contributed by atoms with Crippen LogP contribution in [-0.2, 0) is 14.3 Å². The van der Waals surface area contributed by atoms with Crippen LogP contribution in [0.4, 0.5) is 0 Å². The van der Waals surface area contributed by atoms with Gasteiger partial charge in [-0.25, -0.2) is 4.79 Å². The van der Waals surface area contributed by atoms with Crippen molar-refractivity contribution in [3.8, 4) is 0 Å². The molecule has 0 saturated heterocycles. The van der Waals surface area contributed by atoms with Crippen LogP contribution in [0, 0.1) is 23.7 Å². The number of hydrogen-bond donors (Lipinski definition) is 1. The summed E-state index contributed by atoms with van der Waals surface area (Å²) in [6, 6.07) is 0. The summed E-state index contributed by atoms with van der Waals surface area (Å²) in [6.07, 6.45) is 6.84. The van der Waals surface area contributed by atoms with Gasteiger partial charge in [0.2, 0.25) is 0 Å². The number of ether oxygens (including phenoxy) is 2. The van der Waals surface area contributed by atoms with E-state index in [0.717, 1.165) is 24.2 Å². The van der Waals surface area contributed by atoms with Crippen LogP contribution in [0.1, 0.15) is 32.1 Å². The van der Waals surface area contributed by atoms with Gasteiger partial charge in [-0.3, -0.25) is 0 Å². The number of hydrogen-bond acceptors (Lipinski definition) is 4. The number of rotatable bonds is 4. The van der Waals surface area contributed by atoms with Crippen molar-refractivity contribution in [3.05, 3.63) is 0 Å². The minimum absolute atomic E-state index is 0.00463. The molecule has 3 saturated carbocycles. The smallest absolute Gasteiger partial charge is 0.333 e. The molecule has 0 aromatic carbocycles. The molecule has 0 heterocycles. The number of carbonyl (C=O) groups is 1. The zero-order chi connectivity index (χ0) is 11.8. The topological polar surface area (TPSA) is 55.8 Å². The fourth-order valence-electron chi connectivity index (χ4n) is 4.44. The van der Waals surface area contributed by atoms with Gasteiger partial charge in [0.1, 0.15) is 6.61 Å². The molecule has 0 aromatic rings. The Morgan fingerprint density at radius 1 is 1.18 bits per heavy atom. The maximum absolute atomic E-state index is 10.8. The maximum atomic E-state index is 10.8. The molecular weight excluding hydrogens is 220 g/mol. The first-order valence-electron chi connectivity index (χ1n) is 6.67. The third kappa shape index (κ3) is 1.97. The lowest BCUT2D eigenvalue weighted by Crippen LogP contribution is -2.28. The molecule has 0 amide bonds. The van der Waals surface area contributed by atoms with Crippen LogP contribution in [0.25, 0.3) is 0 Å². The van der Waals surface area contributed by atoms with Crippen LogP contribution in [0.5, 0.6) is 0 Å². The molecule has 17 heavy (non-hydrogen) atoms. The molecule has 0 aliphatic heterocycles. The third-order valence-corrected chi connectivity index (χ3v) is 5.00. The van der Waals surface area contributed by atoms with Crippen LogP contribution in [-0.4, -0.2) is 30.6 Å². The van der Waals surface area contributed by atoms with Crippen molar-refractivity contribution in [2.45, 2.75) is 38.2 Å². The second-order valence-corrected chi connectivity index (χ2v) is 5.65. The Labute approximate surface area is 101 Å². The average Bonchev–Trinajstić information content (AvgIpc) is 3.00. The Morgan fingerprint density at radius 2 is 2.00 bits per heavy atom. The summed E-state index contributed by atoms with van der Waals surface area (Å²) in [7, 11) is 0. The molecule has 0 aromatic heterocycles. The van der Waals surface area contributed by atoms with E-state index in [4.69, 9.17) is 14.6 Å². The maximum Gasteiger partial charge on any atom is 0.333 e. The second-order valence-electron chi connectivity index (χ2n) is 5.65. The summed E-state index contributed by atoms with van der Waals surface area (Å²) >= 11 is 0. The van der Waals surface area contributed by atoms with E-state index < -0.39 is 12.6 Å². The molecule has 1 N–H and O–H groups in total. The monoisotopic (exact) mass is 240 g/mol. The van der Waals surface area contributed by atoms with E-state index in [0.29, 0.717) is 5.92 Å². The number of aliphatic hydroxyl groups excluding tert-OH is 1. The summed E-state index contributed by atoms with van der Waals surface area (Å²) in [5.41, 5.74) is 0. The van der Waals surface area contributed by atoms with Gasteiger partial charge in [0, 0.05) is 0 Å². The molecule has 4 nitrogen and oxygen atoms in total. The van der Waals surface area contributed by atoms with Crippen LogP contribution >= 0.6 is 0 Å². The van der Waals surface area contributed by atoms with Crippen LogP contribution < -0.4 is 0 Å². The van der Waals surface area contributed by atoms with Gasteiger partial charge in [-0.05, 0) is 55.8 Å². The van der Waals surface area contributed by atoms with Gasteiger partial charge < -0.3 is 14.6 Å². The van der Waals surface area contributed by atoms with Crippen LogP contribution in [0.3, 0.4) is 0 Å². The van der Waals surface area contributed by atoms with Crippen molar-refractivity contribution in [3.63, 3.8) is 0 Å². The zero-order valence-corrected chi connectivity index (χ0v) is 10.0. The number of carbonyl (C=O) groups excluding carboxylic acids is 1. The molecule has 4 heteroatoms. The Bertz CT molecular complexity index is 304. The lowest BCUT2D eigenvalue weighted by molar-refractivity contribution is -0.166. The Balaban J connectivity index is 1.50. The summed E-state index contributed by atoms with van der Waals surface area (Å²) < 4.78 is 10.5. The predicted molar refractivity (Wildman–Crippen MR) is 60.0 cm³/mol. The molecule has 3 rings (SSSR count). The van der Waals surface area contributed by atoms with Crippen molar-refractivity contribution in [2.24, 2.45) is 23.7 Å². The number of esters is 1. The lowest BCUT2D eigenvalue weighted by Gasteiger charge is -2.28. The van der Waals surface area contributed by atoms with Gasteiger partial charge >= 0.3 is 5.97 Å². The van der Waals surface area contributed by atoms with Gasteiger partial charge in [0.25, 0.3) is 0 Å². The number of fused-ring (bicyclic) bond motifs is 5. The van der Waals surface area contributed by atoms with Crippen molar-refractivity contribution < 1.29 is 19.4 Å². The molecule has 5 atom stereocenters. The Morgan fingerprint density at radius 3 is 2.82 bits per heavy atom. The molecule has 3 fully saturated rings. The van der Waals surface area contributed by atoms with E-state index in [1.807, 2.05) is 0 Å². The molecule has 0 radical (unpaired) electrons. The average molecular weight is 240 g/mol. The molecule has 3 aliphatic carbocycles. The fourth-order valence-corrected chi connectivity index (χ4v) is 4.44. The first-order valence-corrected chi connectivity index (χ1v) is 6.67. The standard InChI is InChI=1S/C13H20O4/c14-6-12(15)17-7-16-11-4-3-10-8-1-2-9(5-8)13(10)11/h8-11,13-14H,1-7H2. The van der Waals surface area contributed by atoms with Gasteiger partial charge in [-0.1, -0.05) is 0 Å². The highest BCUT2D eigenvalue weighted by Gasteiger charge is 2.53. The predicted octanol–water partition coefficient (Wildman–Crippen LogP) is 1.32. The van der Waals surface area contributed by atoms with Gasteiger partial charge in [-0.15, -0.1) is 0 Å². The van der Waals surface area contributed by atoms with Crippen molar-refractivity contribution >= 4 is 5.97 Å². The van der Waals surface area contributed by atoms with Gasteiger partial charge in [0.05, 0.1) is 6.10 Å². The van der Waals surface area contributed by atoms with E-state index in [9.17, 15) is 4.79 Å². The molecule has 2 bridgehead atoms. The molecule has 0 spiro atoms. The van der Waals surface area contributed by atoms with Crippen LogP contribution in [0.2, 0.25) is 0 Å². The quantitative estimate of drug-likeness (QED) is 0.595. The largest absolute Gasteiger partial charge is 0.437 e. The molecule has 5 unspecified atom stereocenters. The van der Waals surface area contributed by atoms with Crippen molar-refractivity contribution in [1.29, 1.82) is 0 Å². The Hall–Kier alpha value is -0.610. The van der Waals surface area contributed by atoms with Crippen LogP contribution in [0.15, 0.2) is 0 Å². The van der Waals surface area contributed by atoms with Crippen molar-refractivity contribution in [1.82, 2.24) is 0 Å². The SMILES string of the molecule is O=C(CO)OCOC1CCC2C3CCC(C3)C12. The highest BCUT2D eigenvalue weighted by Crippen LogP contribution is 2.59. The van der Waals surface area contributed by atoms with Crippen molar-refractivity contribution in [2.75, 3.05) is 13.4 Å². The zero-order valence-electron chi connectivity index (χ0n) is 10.0. The highest BCUT2D eigenvalue weighted by molar-refractivity contribution is 5.70. The fraction of sp³-hybridized carbons (Fsp3) is 0.923. The first kappa shape index (κ1) is 11.5.